The first-order valence-electron chi connectivity index (χ1n) is 6.10. The number of ether oxygens (including phenoxy) is 1. The molecule has 1 N–H and O–H groups in total. The molecule has 2 atom stereocenters. The molecule has 0 aromatic rings. The second-order valence-corrected chi connectivity index (χ2v) is 7.46. The fourth-order valence-corrected chi connectivity index (χ4v) is 2.25. The molecule has 118 valence electrons. The maximum Gasteiger partial charge on any atom is 0.498 e. The molecule has 0 saturated carbocycles. The zero-order valence-electron chi connectivity index (χ0n) is 11.5. The molecule has 0 amide bonds. The van der Waals surface area contributed by atoms with Gasteiger partial charge in [-0.1, -0.05) is 13.8 Å². The molecule has 0 radical (unpaired) electrons. The van der Waals surface area contributed by atoms with E-state index in [9.17, 15) is 26.4 Å². The summed E-state index contributed by atoms with van der Waals surface area (Å²) in [5.74, 6) is -1.70. The van der Waals surface area contributed by atoms with Gasteiger partial charge in [0.2, 0.25) is 0 Å². The van der Waals surface area contributed by atoms with Gasteiger partial charge in [-0.25, -0.2) is 8.42 Å². The van der Waals surface area contributed by atoms with Crippen molar-refractivity contribution in [1.82, 2.24) is 5.32 Å². The maximum absolute atomic E-state index is 12.3. The first-order valence-corrected chi connectivity index (χ1v) is 7.75. The van der Waals surface area contributed by atoms with E-state index < -0.39 is 38.6 Å². The average Bonchev–Trinajstić information content (AvgIpc) is 3.01. The number of epoxide rings is 1. The Morgan fingerprint density at radius 1 is 1.40 bits per heavy atom. The molecular weight excluding hydrogens is 299 g/mol. The van der Waals surface area contributed by atoms with E-state index in [1.165, 1.54) is 6.92 Å². The number of halogens is 3. The Kier molecular flexibility index (Phi) is 4.87. The van der Waals surface area contributed by atoms with Gasteiger partial charge in [0.15, 0.2) is 5.78 Å². The highest BCUT2D eigenvalue weighted by atomic mass is 32.2. The molecule has 1 heterocycles. The van der Waals surface area contributed by atoms with Crippen molar-refractivity contribution in [3.8, 4) is 0 Å². The monoisotopic (exact) mass is 317 g/mol. The second-order valence-electron chi connectivity index (χ2n) is 5.47. The van der Waals surface area contributed by atoms with Crippen LogP contribution in [0.1, 0.15) is 27.2 Å². The van der Waals surface area contributed by atoms with Gasteiger partial charge in [-0.2, -0.15) is 13.2 Å². The zero-order valence-corrected chi connectivity index (χ0v) is 12.3. The SMILES string of the molecule is CC(C)C[C@H](NCS(=O)(=O)C(F)(F)F)C(=O)[C@@]1(C)CO1. The third-order valence-electron chi connectivity index (χ3n) is 2.99. The summed E-state index contributed by atoms with van der Waals surface area (Å²) in [5, 5.41) is 2.21. The molecule has 1 saturated heterocycles. The number of sulfone groups is 1. The van der Waals surface area contributed by atoms with Crippen LogP contribution in [0.5, 0.6) is 0 Å². The van der Waals surface area contributed by atoms with E-state index in [1.807, 2.05) is 0 Å². The van der Waals surface area contributed by atoms with Gasteiger partial charge in [-0.3, -0.25) is 10.1 Å². The van der Waals surface area contributed by atoms with Crippen LogP contribution in [0.15, 0.2) is 0 Å². The Balaban J connectivity index is 2.74. The molecular formula is C11H18F3NO4S. The van der Waals surface area contributed by atoms with E-state index >= 15 is 0 Å². The summed E-state index contributed by atoms with van der Waals surface area (Å²) < 4.78 is 63.7. The number of hydrogen-bond acceptors (Lipinski definition) is 5. The minimum atomic E-state index is -5.33. The minimum absolute atomic E-state index is 0.0207. The summed E-state index contributed by atoms with van der Waals surface area (Å²) in [6.45, 7) is 5.31. The van der Waals surface area contributed by atoms with Crippen molar-refractivity contribution in [2.24, 2.45) is 5.92 Å². The van der Waals surface area contributed by atoms with E-state index in [2.05, 4.69) is 5.32 Å². The summed E-state index contributed by atoms with van der Waals surface area (Å²) in [7, 11) is -5.29. The molecule has 1 aliphatic heterocycles. The third-order valence-corrected chi connectivity index (χ3v) is 4.25. The molecule has 0 spiro atoms. The van der Waals surface area contributed by atoms with Crippen molar-refractivity contribution < 1.29 is 31.1 Å². The third kappa shape index (κ3) is 4.16. The van der Waals surface area contributed by atoms with Crippen LogP contribution >= 0.6 is 0 Å². The summed E-state index contributed by atoms with van der Waals surface area (Å²) in [6.07, 6.45) is 0.241. The van der Waals surface area contributed by atoms with Crippen LogP contribution in [0.2, 0.25) is 0 Å². The first-order chi connectivity index (χ1) is 8.89. The molecule has 1 aliphatic rings. The molecule has 0 aliphatic carbocycles. The van der Waals surface area contributed by atoms with Gasteiger partial charge < -0.3 is 4.74 Å². The van der Waals surface area contributed by atoms with Crippen LogP contribution < -0.4 is 5.32 Å². The lowest BCUT2D eigenvalue weighted by Crippen LogP contribution is -2.47. The van der Waals surface area contributed by atoms with Crippen LogP contribution in [-0.2, 0) is 19.4 Å². The van der Waals surface area contributed by atoms with Gasteiger partial charge in [-0.05, 0) is 19.3 Å². The van der Waals surface area contributed by atoms with Gasteiger partial charge in [0, 0.05) is 0 Å². The number of hydrogen-bond donors (Lipinski definition) is 1. The molecule has 9 heteroatoms. The Hall–Kier alpha value is -0.670. The maximum atomic E-state index is 12.3. The molecule has 0 unspecified atom stereocenters. The van der Waals surface area contributed by atoms with Crippen LogP contribution in [0.25, 0.3) is 0 Å². The summed E-state index contributed by atoms with van der Waals surface area (Å²) in [4.78, 5) is 12.1. The fourth-order valence-electron chi connectivity index (χ4n) is 1.67. The number of rotatable bonds is 7. The molecule has 1 fully saturated rings. The molecule has 20 heavy (non-hydrogen) atoms. The van der Waals surface area contributed by atoms with Crippen molar-refractivity contribution in [3.05, 3.63) is 0 Å². The number of carbonyl (C=O) groups excluding carboxylic acids is 1. The fraction of sp³-hybridized carbons (Fsp3) is 0.909. The highest BCUT2D eigenvalue weighted by Gasteiger charge is 2.51. The summed E-state index contributed by atoms with van der Waals surface area (Å²) in [6, 6.07) is -0.973. The van der Waals surface area contributed by atoms with E-state index in [1.54, 1.807) is 13.8 Å². The number of carbonyl (C=O) groups is 1. The molecule has 0 aromatic heterocycles. The predicted octanol–water partition coefficient (Wildman–Crippen LogP) is 1.24. The van der Waals surface area contributed by atoms with Crippen LogP contribution in [0.4, 0.5) is 13.2 Å². The van der Waals surface area contributed by atoms with E-state index in [-0.39, 0.29) is 18.9 Å². The molecule has 1 rings (SSSR count). The van der Waals surface area contributed by atoms with Gasteiger partial charge >= 0.3 is 5.51 Å². The van der Waals surface area contributed by atoms with Gasteiger partial charge in [0.05, 0.1) is 12.6 Å². The van der Waals surface area contributed by atoms with Crippen molar-refractivity contribution in [1.29, 1.82) is 0 Å². The highest BCUT2D eigenvalue weighted by molar-refractivity contribution is 7.92. The predicted molar refractivity (Wildman–Crippen MR) is 65.6 cm³/mol. The van der Waals surface area contributed by atoms with E-state index in [4.69, 9.17) is 4.74 Å². The second kappa shape index (κ2) is 5.61. The Labute approximate surface area is 115 Å². The standard InChI is InChI=1S/C11H18F3NO4S/c1-7(2)4-8(9(16)10(3)5-19-10)15-6-20(17,18)11(12,13)14/h7-8,15H,4-6H2,1-3H3/t8-,10+/m0/s1. The normalized spacial score (nSPS) is 24.8. The Morgan fingerprint density at radius 2 is 1.90 bits per heavy atom. The smallest absolute Gasteiger partial charge is 0.362 e. The van der Waals surface area contributed by atoms with Crippen LogP contribution in [0.3, 0.4) is 0 Å². The highest BCUT2D eigenvalue weighted by Crippen LogP contribution is 2.30. The van der Waals surface area contributed by atoms with E-state index in [0.29, 0.717) is 0 Å². The van der Waals surface area contributed by atoms with Crippen molar-refractivity contribution >= 4 is 15.6 Å². The summed E-state index contributed by atoms with van der Waals surface area (Å²) in [5.41, 5.74) is -6.33. The van der Waals surface area contributed by atoms with E-state index in [0.717, 1.165) is 0 Å². The first kappa shape index (κ1) is 17.4. The Morgan fingerprint density at radius 3 is 2.25 bits per heavy atom. The largest absolute Gasteiger partial charge is 0.498 e. The van der Waals surface area contributed by atoms with Crippen molar-refractivity contribution in [2.45, 2.75) is 44.3 Å². The molecule has 0 aromatic carbocycles. The Bertz CT molecular complexity index is 469. The number of nitrogens with one attached hydrogen (secondary N) is 1. The quantitative estimate of drug-likeness (QED) is 0.715. The average molecular weight is 317 g/mol. The molecule has 5 nitrogen and oxygen atoms in total. The molecule has 0 bridgehead atoms. The summed E-state index contributed by atoms with van der Waals surface area (Å²) >= 11 is 0. The van der Waals surface area contributed by atoms with Crippen LogP contribution in [-0.4, -0.2) is 43.8 Å². The van der Waals surface area contributed by atoms with Gasteiger partial charge in [0.1, 0.15) is 11.5 Å². The lowest BCUT2D eigenvalue weighted by Gasteiger charge is -2.21. The van der Waals surface area contributed by atoms with Crippen molar-refractivity contribution in [2.75, 3.05) is 12.5 Å². The van der Waals surface area contributed by atoms with Crippen molar-refractivity contribution in [3.63, 3.8) is 0 Å². The zero-order chi connectivity index (χ0) is 15.8. The topological polar surface area (TPSA) is 75.8 Å². The minimum Gasteiger partial charge on any atom is -0.362 e. The van der Waals surface area contributed by atoms with Gasteiger partial charge in [0.25, 0.3) is 9.84 Å². The lowest BCUT2D eigenvalue weighted by atomic mass is 9.94. The number of ketones is 1. The van der Waals surface area contributed by atoms with Crippen LogP contribution in [0, 0.1) is 5.92 Å². The number of Topliss-reactive ketones (excluding diaryl/α,β-unsaturated/α-hetero) is 1. The number of alkyl halides is 3. The lowest BCUT2D eigenvalue weighted by molar-refractivity contribution is -0.126. The van der Waals surface area contributed by atoms with Gasteiger partial charge in [-0.15, -0.1) is 0 Å².